The maximum absolute atomic E-state index is 12.1. The number of H-pyrrole nitrogens is 1. The molecule has 0 bridgehead atoms. The lowest BCUT2D eigenvalue weighted by Crippen LogP contribution is -2.27. The Hall–Kier alpha value is -2.19. The second-order valence-electron chi connectivity index (χ2n) is 4.72. The maximum atomic E-state index is 12.1. The summed E-state index contributed by atoms with van der Waals surface area (Å²) in [5, 5.41) is 7.77. The Kier molecular flexibility index (Phi) is 4.10. The van der Waals surface area contributed by atoms with E-state index >= 15 is 0 Å². The quantitative estimate of drug-likeness (QED) is 0.776. The molecule has 0 fully saturated rings. The molecular weight excluding hydrogens is 292 g/mol. The number of imidazole rings is 1. The molecule has 4 N–H and O–H groups in total. The zero-order chi connectivity index (χ0) is 15.6. The highest BCUT2D eigenvalue weighted by atomic mass is 32.2. The van der Waals surface area contributed by atoms with Gasteiger partial charge in [0.25, 0.3) is 5.91 Å². The van der Waals surface area contributed by atoms with Crippen LogP contribution in [0.2, 0.25) is 0 Å². The molecule has 0 aliphatic carbocycles. The van der Waals surface area contributed by atoms with Crippen molar-refractivity contribution in [1.82, 2.24) is 15.3 Å². The van der Waals surface area contributed by atoms with Crippen LogP contribution in [0.25, 0.3) is 0 Å². The number of primary sulfonamides is 1. The van der Waals surface area contributed by atoms with Crippen molar-refractivity contribution in [2.75, 3.05) is 0 Å². The maximum Gasteiger partial charge on any atom is 0.251 e. The van der Waals surface area contributed by atoms with Gasteiger partial charge in [-0.2, -0.15) is 0 Å². The van der Waals surface area contributed by atoms with Gasteiger partial charge in [0.1, 0.15) is 5.82 Å². The lowest BCUT2D eigenvalue weighted by atomic mass is 10.2. The number of amides is 1. The van der Waals surface area contributed by atoms with Gasteiger partial charge < -0.3 is 10.3 Å². The van der Waals surface area contributed by atoms with Crippen LogP contribution in [-0.2, 0) is 10.0 Å². The Balaban J connectivity index is 2.10. The highest BCUT2D eigenvalue weighted by Crippen LogP contribution is 2.12. The normalized spacial score (nSPS) is 12.9. The first kappa shape index (κ1) is 15.2. The average molecular weight is 308 g/mol. The number of aryl methyl sites for hydroxylation is 1. The molecule has 112 valence electrons. The van der Waals surface area contributed by atoms with Crippen LogP contribution in [0.3, 0.4) is 0 Å². The predicted molar refractivity (Wildman–Crippen MR) is 77.0 cm³/mol. The van der Waals surface area contributed by atoms with Gasteiger partial charge in [-0.3, -0.25) is 4.79 Å². The minimum atomic E-state index is -3.76. The predicted octanol–water partition coefficient (Wildman–Crippen LogP) is 0.857. The Morgan fingerprint density at radius 3 is 2.43 bits per heavy atom. The Morgan fingerprint density at radius 1 is 1.33 bits per heavy atom. The number of benzene rings is 1. The molecule has 1 aromatic heterocycles. The van der Waals surface area contributed by atoms with E-state index < -0.39 is 10.0 Å². The van der Waals surface area contributed by atoms with Crippen LogP contribution in [0.1, 0.15) is 34.8 Å². The minimum absolute atomic E-state index is 0.0336. The van der Waals surface area contributed by atoms with Crippen molar-refractivity contribution in [3.8, 4) is 0 Å². The molecule has 0 radical (unpaired) electrons. The smallest absolute Gasteiger partial charge is 0.251 e. The molecule has 0 aliphatic heterocycles. The average Bonchev–Trinajstić information content (AvgIpc) is 2.84. The highest BCUT2D eigenvalue weighted by Gasteiger charge is 2.14. The number of hydrogen-bond acceptors (Lipinski definition) is 4. The summed E-state index contributed by atoms with van der Waals surface area (Å²) < 4.78 is 22.3. The summed E-state index contributed by atoms with van der Waals surface area (Å²) in [6.45, 7) is 3.67. The summed E-state index contributed by atoms with van der Waals surface area (Å²) in [7, 11) is -3.76. The molecule has 0 saturated heterocycles. The van der Waals surface area contributed by atoms with E-state index in [0.29, 0.717) is 11.4 Å². The number of carbonyl (C=O) groups is 1. The lowest BCUT2D eigenvalue weighted by Gasteiger charge is -2.11. The first-order chi connectivity index (χ1) is 9.77. The fourth-order valence-corrected chi connectivity index (χ4v) is 2.31. The first-order valence-electron chi connectivity index (χ1n) is 6.22. The number of aromatic nitrogens is 2. The molecule has 1 aromatic carbocycles. The first-order valence-corrected chi connectivity index (χ1v) is 7.77. The van der Waals surface area contributed by atoms with E-state index in [1.165, 1.54) is 24.3 Å². The van der Waals surface area contributed by atoms with Gasteiger partial charge in [-0.1, -0.05) is 0 Å². The van der Waals surface area contributed by atoms with Crippen molar-refractivity contribution < 1.29 is 13.2 Å². The van der Waals surface area contributed by atoms with E-state index in [1.54, 1.807) is 13.1 Å². The fraction of sp³-hybridized carbons (Fsp3) is 0.231. The van der Waals surface area contributed by atoms with Crippen LogP contribution in [-0.4, -0.2) is 24.3 Å². The third-order valence-corrected chi connectivity index (χ3v) is 3.85. The molecule has 8 heteroatoms. The molecule has 1 amide bonds. The molecule has 2 aromatic rings. The second-order valence-corrected chi connectivity index (χ2v) is 6.28. The van der Waals surface area contributed by atoms with E-state index in [1.807, 2.05) is 6.92 Å². The zero-order valence-electron chi connectivity index (χ0n) is 11.6. The number of rotatable bonds is 4. The van der Waals surface area contributed by atoms with E-state index in [0.717, 1.165) is 5.69 Å². The van der Waals surface area contributed by atoms with E-state index in [9.17, 15) is 13.2 Å². The molecule has 0 unspecified atom stereocenters. The van der Waals surface area contributed by atoms with Crippen LogP contribution in [0.4, 0.5) is 0 Å². The summed E-state index contributed by atoms with van der Waals surface area (Å²) >= 11 is 0. The van der Waals surface area contributed by atoms with Crippen LogP contribution < -0.4 is 10.5 Å². The van der Waals surface area contributed by atoms with Crippen LogP contribution in [0.5, 0.6) is 0 Å². The molecule has 0 saturated carbocycles. The molecule has 2 rings (SSSR count). The van der Waals surface area contributed by atoms with Gasteiger partial charge in [-0.25, -0.2) is 18.5 Å². The number of nitrogens with one attached hydrogen (secondary N) is 2. The Bertz CT molecular complexity index is 750. The van der Waals surface area contributed by atoms with Crippen molar-refractivity contribution in [3.63, 3.8) is 0 Å². The van der Waals surface area contributed by atoms with Gasteiger partial charge in [-0.05, 0) is 38.1 Å². The standard InChI is InChI=1S/C13H16N4O3S/c1-8-7-15-12(16-8)9(2)17-13(18)10-3-5-11(6-4-10)21(14,19)20/h3-7,9H,1-2H3,(H,15,16)(H,17,18)(H2,14,19,20)/t9-/m1/s1. The monoisotopic (exact) mass is 308 g/mol. The second kappa shape index (κ2) is 5.66. The topological polar surface area (TPSA) is 118 Å². The van der Waals surface area contributed by atoms with E-state index in [4.69, 9.17) is 5.14 Å². The van der Waals surface area contributed by atoms with Crippen molar-refractivity contribution in [1.29, 1.82) is 0 Å². The Labute approximate surface area is 122 Å². The van der Waals surface area contributed by atoms with Gasteiger partial charge >= 0.3 is 0 Å². The van der Waals surface area contributed by atoms with Gasteiger partial charge in [0.2, 0.25) is 10.0 Å². The number of sulfonamides is 1. The van der Waals surface area contributed by atoms with Gasteiger partial charge in [-0.15, -0.1) is 0 Å². The third-order valence-electron chi connectivity index (χ3n) is 2.93. The molecule has 0 aliphatic rings. The van der Waals surface area contributed by atoms with Crippen LogP contribution in [0.15, 0.2) is 35.4 Å². The summed E-state index contributed by atoms with van der Waals surface area (Å²) in [5.41, 5.74) is 1.25. The summed E-state index contributed by atoms with van der Waals surface area (Å²) in [6.07, 6.45) is 1.68. The molecule has 7 nitrogen and oxygen atoms in total. The summed E-state index contributed by atoms with van der Waals surface area (Å²) in [6, 6.07) is 5.13. The largest absolute Gasteiger partial charge is 0.344 e. The van der Waals surface area contributed by atoms with Gasteiger partial charge in [0, 0.05) is 17.5 Å². The minimum Gasteiger partial charge on any atom is -0.344 e. The number of hydrogen-bond donors (Lipinski definition) is 3. The molecule has 1 atom stereocenters. The van der Waals surface area contributed by atoms with Crippen LogP contribution in [0, 0.1) is 6.92 Å². The molecular formula is C13H16N4O3S. The lowest BCUT2D eigenvalue weighted by molar-refractivity contribution is 0.0938. The van der Waals surface area contributed by atoms with Crippen molar-refractivity contribution in [2.45, 2.75) is 24.8 Å². The molecule has 0 spiro atoms. The zero-order valence-corrected chi connectivity index (χ0v) is 12.4. The van der Waals surface area contributed by atoms with Gasteiger partial charge in [0.15, 0.2) is 0 Å². The third kappa shape index (κ3) is 3.67. The summed E-state index contributed by atoms with van der Waals surface area (Å²) in [4.78, 5) is 19.2. The molecule has 1 heterocycles. The van der Waals surface area contributed by atoms with E-state index in [-0.39, 0.29) is 16.8 Å². The highest BCUT2D eigenvalue weighted by molar-refractivity contribution is 7.89. The van der Waals surface area contributed by atoms with Crippen molar-refractivity contribution in [3.05, 3.63) is 47.5 Å². The van der Waals surface area contributed by atoms with Crippen molar-refractivity contribution >= 4 is 15.9 Å². The number of nitrogens with two attached hydrogens (primary N) is 1. The SMILES string of the molecule is Cc1cnc([C@@H](C)NC(=O)c2ccc(S(N)(=O)=O)cc2)[nH]1. The summed E-state index contributed by atoms with van der Waals surface area (Å²) in [5.74, 6) is 0.333. The number of nitrogens with zero attached hydrogens (tertiary/aromatic N) is 1. The van der Waals surface area contributed by atoms with Crippen molar-refractivity contribution in [2.24, 2.45) is 5.14 Å². The Morgan fingerprint density at radius 2 is 1.95 bits per heavy atom. The number of carbonyl (C=O) groups excluding carboxylic acids is 1. The van der Waals surface area contributed by atoms with Crippen LogP contribution >= 0.6 is 0 Å². The van der Waals surface area contributed by atoms with E-state index in [2.05, 4.69) is 15.3 Å². The fourth-order valence-electron chi connectivity index (χ4n) is 1.80. The van der Waals surface area contributed by atoms with Gasteiger partial charge in [0.05, 0.1) is 10.9 Å². The number of aromatic amines is 1. The molecule has 21 heavy (non-hydrogen) atoms.